The minimum absolute atomic E-state index is 0.462. The molecule has 0 fully saturated rings. The van der Waals surface area contributed by atoms with E-state index >= 15 is 0 Å². The second-order valence-corrected chi connectivity index (χ2v) is 4.56. The minimum Gasteiger partial charge on any atom is -0.463 e. The number of rotatable bonds is 3. The lowest BCUT2D eigenvalue weighted by Gasteiger charge is -2.07. The minimum atomic E-state index is -0.882. The second kappa shape index (κ2) is 6.71. The molecule has 2 aromatic rings. The van der Waals surface area contributed by atoms with E-state index in [1.807, 2.05) is 0 Å². The zero-order valence-corrected chi connectivity index (χ0v) is 11.8. The molecule has 2 N–H and O–H groups in total. The molecule has 2 amide bonds. The molecule has 0 aliphatic carbocycles. The number of hydrogen-bond donors (Lipinski definition) is 2. The number of amides is 2. The summed E-state index contributed by atoms with van der Waals surface area (Å²) in [5, 5.41) is 6.64. The number of furan rings is 1. The second-order valence-electron chi connectivity index (χ2n) is 4.13. The van der Waals surface area contributed by atoms with Gasteiger partial charge in [-0.05, 0) is 42.8 Å². The summed E-state index contributed by atoms with van der Waals surface area (Å²) >= 11 is 5.81. The Bertz CT molecular complexity index is 681. The van der Waals surface area contributed by atoms with E-state index in [1.165, 1.54) is 12.5 Å². The van der Waals surface area contributed by atoms with Gasteiger partial charge in [0.2, 0.25) is 0 Å². The van der Waals surface area contributed by atoms with Crippen LogP contribution in [0.3, 0.4) is 0 Å². The van der Waals surface area contributed by atoms with E-state index in [4.69, 9.17) is 16.0 Å². The Balaban J connectivity index is 1.92. The third-order valence-corrected chi connectivity index (χ3v) is 2.78. The quantitative estimate of drug-likeness (QED) is 0.518. The fourth-order valence-corrected chi connectivity index (χ4v) is 1.74. The van der Waals surface area contributed by atoms with Crippen LogP contribution in [0.4, 0.5) is 5.69 Å². The summed E-state index contributed by atoms with van der Waals surface area (Å²) in [6, 6.07) is 8.27. The average molecular weight is 306 g/mol. The Hall–Kier alpha value is -2.60. The van der Waals surface area contributed by atoms with Gasteiger partial charge in [-0.15, -0.1) is 0 Å². The molecule has 108 valence electrons. The lowest BCUT2D eigenvalue weighted by molar-refractivity contribution is -0.136. The Morgan fingerprint density at radius 2 is 2.10 bits per heavy atom. The highest BCUT2D eigenvalue weighted by molar-refractivity contribution is 6.39. The van der Waals surface area contributed by atoms with Crippen molar-refractivity contribution >= 4 is 35.3 Å². The molecule has 0 bridgehead atoms. The van der Waals surface area contributed by atoms with Crippen LogP contribution in [0.1, 0.15) is 11.3 Å². The van der Waals surface area contributed by atoms with Gasteiger partial charge in [-0.1, -0.05) is 11.6 Å². The molecule has 1 aromatic heterocycles. The summed E-state index contributed by atoms with van der Waals surface area (Å²) in [6.07, 6.45) is 2.76. The van der Waals surface area contributed by atoms with Gasteiger partial charge < -0.3 is 9.73 Å². The maximum absolute atomic E-state index is 11.7. The Kier molecular flexibility index (Phi) is 4.73. The summed E-state index contributed by atoms with van der Waals surface area (Å²) in [7, 11) is 0. The first-order chi connectivity index (χ1) is 10.1. The van der Waals surface area contributed by atoms with Gasteiger partial charge in [-0.25, -0.2) is 5.43 Å². The Morgan fingerprint density at radius 3 is 2.76 bits per heavy atom. The predicted molar refractivity (Wildman–Crippen MR) is 79.3 cm³/mol. The summed E-state index contributed by atoms with van der Waals surface area (Å²) < 4.78 is 4.98. The van der Waals surface area contributed by atoms with Crippen LogP contribution in [-0.2, 0) is 9.59 Å². The molecule has 0 radical (unpaired) electrons. The van der Waals surface area contributed by atoms with Crippen LogP contribution < -0.4 is 10.7 Å². The van der Waals surface area contributed by atoms with Gasteiger partial charge in [-0.2, -0.15) is 5.10 Å². The van der Waals surface area contributed by atoms with Crippen LogP contribution in [0.5, 0.6) is 0 Å². The van der Waals surface area contributed by atoms with Gasteiger partial charge in [0.1, 0.15) is 5.76 Å². The first kappa shape index (κ1) is 14.8. The maximum Gasteiger partial charge on any atom is 0.329 e. The van der Waals surface area contributed by atoms with Crippen molar-refractivity contribution in [1.29, 1.82) is 0 Å². The summed E-state index contributed by atoms with van der Waals surface area (Å²) in [5.74, 6) is -1.24. The monoisotopic (exact) mass is 305 g/mol. The van der Waals surface area contributed by atoms with Crippen LogP contribution in [0.2, 0.25) is 5.02 Å². The number of anilines is 1. The zero-order chi connectivity index (χ0) is 15.2. The Labute approximate surface area is 125 Å². The number of hydrazone groups is 1. The molecule has 2 rings (SSSR count). The number of carbonyl (C=O) groups is 2. The van der Waals surface area contributed by atoms with E-state index in [1.54, 1.807) is 37.3 Å². The molecule has 7 heteroatoms. The van der Waals surface area contributed by atoms with E-state index < -0.39 is 11.8 Å². The van der Waals surface area contributed by atoms with Crippen LogP contribution in [0.15, 0.2) is 46.1 Å². The molecule has 0 spiro atoms. The van der Waals surface area contributed by atoms with Gasteiger partial charge in [-0.3, -0.25) is 9.59 Å². The molecule has 0 aliphatic heterocycles. The van der Waals surface area contributed by atoms with Crippen LogP contribution >= 0.6 is 11.6 Å². The first-order valence-electron chi connectivity index (χ1n) is 6.00. The fourth-order valence-electron chi connectivity index (χ4n) is 1.52. The molecule has 0 saturated carbocycles. The first-order valence-corrected chi connectivity index (χ1v) is 6.38. The summed E-state index contributed by atoms with van der Waals surface area (Å²) in [5.41, 5.74) is 3.37. The van der Waals surface area contributed by atoms with Gasteiger partial charge in [0.25, 0.3) is 0 Å². The third kappa shape index (κ3) is 4.19. The number of nitrogens with zero attached hydrogens (tertiary/aromatic N) is 1. The van der Waals surface area contributed by atoms with Crippen LogP contribution in [-0.4, -0.2) is 18.0 Å². The topological polar surface area (TPSA) is 83.7 Å². The van der Waals surface area contributed by atoms with E-state index in [0.29, 0.717) is 16.5 Å². The Morgan fingerprint density at radius 1 is 1.29 bits per heavy atom. The van der Waals surface area contributed by atoms with Crippen molar-refractivity contribution in [2.45, 2.75) is 6.92 Å². The molecule has 6 nitrogen and oxygen atoms in total. The SMILES string of the molecule is Cc1cc(Cl)ccc1NC(=O)C(=O)N/N=C\c1ccco1. The highest BCUT2D eigenvalue weighted by Crippen LogP contribution is 2.19. The molecule has 0 saturated heterocycles. The smallest absolute Gasteiger partial charge is 0.329 e. The van der Waals surface area contributed by atoms with Gasteiger partial charge in [0, 0.05) is 10.7 Å². The molecule has 0 atom stereocenters. The molecular weight excluding hydrogens is 294 g/mol. The number of carbonyl (C=O) groups excluding carboxylic acids is 2. The van der Waals surface area contributed by atoms with Crippen molar-refractivity contribution in [2.24, 2.45) is 5.10 Å². The normalized spacial score (nSPS) is 10.6. The molecule has 1 heterocycles. The van der Waals surface area contributed by atoms with Gasteiger partial charge in [0.15, 0.2) is 0 Å². The number of hydrogen-bond acceptors (Lipinski definition) is 4. The van der Waals surface area contributed by atoms with Crippen molar-refractivity contribution in [3.05, 3.63) is 52.9 Å². The largest absolute Gasteiger partial charge is 0.463 e. The number of nitrogens with one attached hydrogen (secondary N) is 2. The number of benzene rings is 1. The van der Waals surface area contributed by atoms with Crippen LogP contribution in [0, 0.1) is 6.92 Å². The standard InChI is InChI=1S/C14H12ClN3O3/c1-9-7-10(15)4-5-12(9)17-13(19)14(20)18-16-8-11-3-2-6-21-11/h2-8H,1H3,(H,17,19)(H,18,20)/b16-8-. The van der Waals surface area contributed by atoms with E-state index in [2.05, 4.69) is 15.8 Å². The van der Waals surface area contributed by atoms with E-state index in [0.717, 1.165) is 5.56 Å². The summed E-state index contributed by atoms with van der Waals surface area (Å²) in [6.45, 7) is 1.77. The van der Waals surface area contributed by atoms with E-state index in [-0.39, 0.29) is 0 Å². The van der Waals surface area contributed by atoms with E-state index in [9.17, 15) is 9.59 Å². The predicted octanol–water partition coefficient (Wildman–Crippen LogP) is 2.33. The van der Waals surface area contributed by atoms with Crippen molar-refractivity contribution in [2.75, 3.05) is 5.32 Å². The van der Waals surface area contributed by atoms with Gasteiger partial charge >= 0.3 is 11.8 Å². The maximum atomic E-state index is 11.7. The molecule has 1 aromatic carbocycles. The zero-order valence-electron chi connectivity index (χ0n) is 11.1. The van der Waals surface area contributed by atoms with Crippen LogP contribution in [0.25, 0.3) is 0 Å². The highest BCUT2D eigenvalue weighted by Gasteiger charge is 2.13. The lowest BCUT2D eigenvalue weighted by atomic mass is 10.2. The highest BCUT2D eigenvalue weighted by atomic mass is 35.5. The lowest BCUT2D eigenvalue weighted by Crippen LogP contribution is -2.32. The van der Waals surface area contributed by atoms with Crippen molar-refractivity contribution in [1.82, 2.24) is 5.43 Å². The van der Waals surface area contributed by atoms with Crippen molar-refractivity contribution in [3.63, 3.8) is 0 Å². The number of aryl methyl sites for hydroxylation is 1. The average Bonchev–Trinajstić information content (AvgIpc) is 2.95. The molecule has 0 aliphatic rings. The molecule has 21 heavy (non-hydrogen) atoms. The molecular formula is C14H12ClN3O3. The summed E-state index contributed by atoms with van der Waals surface area (Å²) in [4.78, 5) is 23.2. The van der Waals surface area contributed by atoms with Crippen molar-refractivity contribution < 1.29 is 14.0 Å². The fraction of sp³-hybridized carbons (Fsp3) is 0.0714. The van der Waals surface area contributed by atoms with Gasteiger partial charge in [0.05, 0.1) is 12.5 Å². The number of halogens is 1. The van der Waals surface area contributed by atoms with Crippen molar-refractivity contribution in [3.8, 4) is 0 Å². The third-order valence-electron chi connectivity index (χ3n) is 2.54. The molecule has 0 unspecified atom stereocenters.